The molecular weight excluding hydrogens is 160 g/mol. The Morgan fingerprint density at radius 2 is 2.23 bits per heavy atom. The predicted octanol–water partition coefficient (Wildman–Crippen LogP) is 1.92. The second-order valence-electron chi connectivity index (χ2n) is 3.00. The van der Waals surface area contributed by atoms with Gasteiger partial charge in [-0.15, -0.1) is 12.3 Å². The lowest BCUT2D eigenvalue weighted by Gasteiger charge is -1.92. The van der Waals surface area contributed by atoms with Gasteiger partial charge in [0.2, 0.25) is 0 Å². The molecule has 0 aliphatic rings. The number of rotatable bonds is 2. The van der Waals surface area contributed by atoms with Gasteiger partial charge in [0, 0.05) is 6.42 Å². The summed E-state index contributed by atoms with van der Waals surface area (Å²) in [6.07, 6.45) is 6.72. The maximum absolute atomic E-state index is 11.2. The Hall–Kier alpha value is -1.55. The predicted molar refractivity (Wildman–Crippen MR) is 54.6 cm³/mol. The molecule has 0 bridgehead atoms. The molecule has 66 valence electrons. The van der Waals surface area contributed by atoms with Crippen LogP contribution in [0, 0.1) is 19.3 Å². The molecule has 0 fully saturated rings. The van der Waals surface area contributed by atoms with Crippen LogP contribution < -0.4 is 5.43 Å². The van der Waals surface area contributed by atoms with Crippen molar-refractivity contribution in [2.45, 2.75) is 19.8 Å². The van der Waals surface area contributed by atoms with Gasteiger partial charge in [0.1, 0.15) is 0 Å². The van der Waals surface area contributed by atoms with E-state index in [9.17, 15) is 4.79 Å². The molecule has 0 heterocycles. The Balaban J connectivity index is 3.01. The lowest BCUT2D eigenvalue weighted by atomic mass is 10.1. The highest BCUT2D eigenvalue weighted by molar-refractivity contribution is 5.21. The summed E-state index contributed by atoms with van der Waals surface area (Å²) in [7, 11) is 0. The minimum atomic E-state index is 0.0759. The van der Waals surface area contributed by atoms with Crippen molar-refractivity contribution in [1.29, 1.82) is 0 Å². The van der Waals surface area contributed by atoms with Gasteiger partial charge >= 0.3 is 0 Å². The Morgan fingerprint density at radius 3 is 2.92 bits per heavy atom. The van der Waals surface area contributed by atoms with Crippen LogP contribution in [0.3, 0.4) is 0 Å². The summed E-state index contributed by atoms with van der Waals surface area (Å²) in [4.78, 5) is 11.2. The molecule has 0 aliphatic heterocycles. The summed E-state index contributed by atoms with van der Waals surface area (Å²) < 4.78 is 0. The lowest BCUT2D eigenvalue weighted by Crippen LogP contribution is -1.97. The molecular formula is C12H12O. The molecule has 0 N–H and O–H groups in total. The van der Waals surface area contributed by atoms with Crippen LogP contribution in [0.4, 0.5) is 0 Å². The van der Waals surface area contributed by atoms with E-state index in [0.29, 0.717) is 0 Å². The van der Waals surface area contributed by atoms with Crippen molar-refractivity contribution in [3.8, 4) is 12.3 Å². The topological polar surface area (TPSA) is 17.1 Å². The third kappa shape index (κ3) is 2.76. The minimum absolute atomic E-state index is 0.0759. The van der Waals surface area contributed by atoms with Gasteiger partial charge in [-0.25, -0.2) is 0 Å². The van der Waals surface area contributed by atoms with Gasteiger partial charge in [-0.1, -0.05) is 18.2 Å². The zero-order valence-corrected chi connectivity index (χ0v) is 7.71. The molecule has 0 saturated carbocycles. The molecule has 1 heteroatoms. The summed E-state index contributed by atoms with van der Waals surface area (Å²) in [6, 6.07) is 7.20. The number of hydrogen-bond acceptors (Lipinski definition) is 1. The first-order valence-corrected chi connectivity index (χ1v) is 4.27. The van der Waals surface area contributed by atoms with Crippen LogP contribution in [0.1, 0.15) is 17.5 Å². The zero-order chi connectivity index (χ0) is 9.68. The molecule has 13 heavy (non-hydrogen) atoms. The van der Waals surface area contributed by atoms with E-state index in [2.05, 4.69) is 5.92 Å². The molecule has 1 aromatic carbocycles. The van der Waals surface area contributed by atoms with Crippen LogP contribution >= 0.6 is 0 Å². The lowest BCUT2D eigenvalue weighted by molar-refractivity contribution is 1.03. The Kier molecular flexibility index (Phi) is 3.28. The molecule has 1 nitrogen and oxygen atoms in total. The Labute approximate surface area is 78.4 Å². The van der Waals surface area contributed by atoms with Gasteiger partial charge in [-0.05, 0) is 30.5 Å². The summed E-state index contributed by atoms with van der Waals surface area (Å²) in [6.45, 7) is 1.82. The van der Waals surface area contributed by atoms with Crippen molar-refractivity contribution in [1.82, 2.24) is 0 Å². The van der Waals surface area contributed by atoms with Crippen LogP contribution in [0.15, 0.2) is 29.1 Å². The minimum Gasteiger partial charge on any atom is -0.290 e. The van der Waals surface area contributed by atoms with Gasteiger partial charge in [-0.2, -0.15) is 0 Å². The molecule has 0 aliphatic carbocycles. The van der Waals surface area contributed by atoms with Crippen LogP contribution in [0.25, 0.3) is 0 Å². The molecule has 0 atom stereocenters. The van der Waals surface area contributed by atoms with Crippen LogP contribution in [0.2, 0.25) is 0 Å². The monoisotopic (exact) mass is 172 g/mol. The second-order valence-corrected chi connectivity index (χ2v) is 3.00. The first-order valence-electron chi connectivity index (χ1n) is 4.27. The van der Waals surface area contributed by atoms with Gasteiger partial charge in [0.15, 0.2) is 5.43 Å². The normalized spacial score (nSPS) is 9.23. The molecule has 0 aromatic heterocycles. The number of terminal acetylenes is 1. The van der Waals surface area contributed by atoms with Crippen LogP contribution in [0.5, 0.6) is 0 Å². The van der Waals surface area contributed by atoms with Gasteiger partial charge in [-0.3, -0.25) is 4.79 Å². The van der Waals surface area contributed by atoms with Crippen molar-refractivity contribution >= 4 is 0 Å². The Morgan fingerprint density at radius 1 is 1.46 bits per heavy atom. The van der Waals surface area contributed by atoms with E-state index in [4.69, 9.17) is 6.42 Å². The van der Waals surface area contributed by atoms with E-state index in [1.807, 2.05) is 19.1 Å². The molecule has 0 amide bonds. The number of hydrogen-bond donors (Lipinski definition) is 0. The SMILES string of the molecule is C#CCCc1cccc(=O)c(C)c1. The maximum atomic E-state index is 11.2. The standard InChI is InChI=1S/C12H12O/c1-3-4-6-11-7-5-8-12(13)10(2)9-11/h1,5,7-9H,4,6H2,2H3. The fourth-order valence-corrected chi connectivity index (χ4v) is 1.16. The smallest absolute Gasteiger partial charge is 0.181 e. The maximum Gasteiger partial charge on any atom is 0.181 e. The average Bonchev–Trinajstić information content (AvgIpc) is 2.26. The first kappa shape index (κ1) is 9.54. The third-order valence-electron chi connectivity index (χ3n) is 1.91. The van der Waals surface area contributed by atoms with Crippen LogP contribution in [-0.2, 0) is 6.42 Å². The summed E-state index contributed by atoms with van der Waals surface area (Å²) in [5, 5.41) is 0. The van der Waals surface area contributed by atoms with Crippen molar-refractivity contribution in [3.63, 3.8) is 0 Å². The highest BCUT2D eigenvalue weighted by Crippen LogP contribution is 2.01. The fraction of sp³-hybridized carbons (Fsp3) is 0.250. The molecule has 0 saturated heterocycles. The van der Waals surface area contributed by atoms with E-state index in [0.717, 1.165) is 24.0 Å². The highest BCUT2D eigenvalue weighted by Gasteiger charge is 1.93. The third-order valence-corrected chi connectivity index (χ3v) is 1.91. The second kappa shape index (κ2) is 4.47. The Bertz CT molecular complexity index is 385. The summed E-state index contributed by atoms with van der Waals surface area (Å²) in [5.41, 5.74) is 1.97. The fourth-order valence-electron chi connectivity index (χ4n) is 1.16. The van der Waals surface area contributed by atoms with Gasteiger partial charge in [0.05, 0.1) is 0 Å². The van der Waals surface area contributed by atoms with Crippen molar-refractivity contribution < 1.29 is 0 Å². The van der Waals surface area contributed by atoms with Gasteiger partial charge in [0.25, 0.3) is 0 Å². The largest absolute Gasteiger partial charge is 0.290 e. The molecule has 0 unspecified atom stereocenters. The molecule has 0 spiro atoms. The average molecular weight is 172 g/mol. The van der Waals surface area contributed by atoms with Gasteiger partial charge < -0.3 is 0 Å². The quantitative estimate of drug-likeness (QED) is 0.623. The summed E-state index contributed by atoms with van der Waals surface area (Å²) in [5.74, 6) is 2.58. The highest BCUT2D eigenvalue weighted by atomic mass is 16.1. The van der Waals surface area contributed by atoms with Crippen LogP contribution in [-0.4, -0.2) is 0 Å². The molecule has 0 radical (unpaired) electrons. The van der Waals surface area contributed by atoms with E-state index in [1.165, 1.54) is 0 Å². The van der Waals surface area contributed by atoms with E-state index >= 15 is 0 Å². The van der Waals surface area contributed by atoms with E-state index in [-0.39, 0.29) is 5.43 Å². The van der Waals surface area contributed by atoms with Crippen molar-refractivity contribution in [3.05, 3.63) is 45.6 Å². The van der Waals surface area contributed by atoms with Crippen molar-refractivity contribution in [2.24, 2.45) is 0 Å². The zero-order valence-electron chi connectivity index (χ0n) is 7.71. The number of aryl methyl sites for hydroxylation is 2. The van der Waals surface area contributed by atoms with E-state index in [1.54, 1.807) is 12.1 Å². The van der Waals surface area contributed by atoms with E-state index < -0.39 is 0 Å². The molecule has 1 aromatic rings. The van der Waals surface area contributed by atoms with Crippen molar-refractivity contribution in [2.75, 3.05) is 0 Å². The summed E-state index contributed by atoms with van der Waals surface area (Å²) >= 11 is 0. The first-order chi connectivity index (χ1) is 6.24. The molecule has 1 rings (SSSR count).